The van der Waals surface area contributed by atoms with Crippen LogP contribution in [0.25, 0.3) is 17.0 Å². The topological polar surface area (TPSA) is 37.6 Å². The maximum Gasteiger partial charge on any atom is 0.271 e. The molecule has 2 heterocycles. The predicted molar refractivity (Wildman–Crippen MR) is 150 cm³/mol. The molecule has 1 aliphatic rings. The molecule has 4 nitrogen and oxygen atoms in total. The Labute approximate surface area is 218 Å². The van der Waals surface area contributed by atoms with Crippen molar-refractivity contribution in [3.63, 3.8) is 0 Å². The maximum absolute atomic E-state index is 14.4. The lowest BCUT2D eigenvalue weighted by Gasteiger charge is -2.15. The lowest BCUT2D eigenvalue weighted by Crippen LogP contribution is -2.28. The van der Waals surface area contributed by atoms with E-state index >= 15 is 0 Å². The molecule has 0 N–H and O–H groups in total. The van der Waals surface area contributed by atoms with E-state index < -0.39 is 0 Å². The summed E-state index contributed by atoms with van der Waals surface area (Å²) in [5.74, 6) is -0.362. The van der Waals surface area contributed by atoms with Crippen LogP contribution in [0.4, 0.5) is 15.8 Å². The van der Waals surface area contributed by atoms with Gasteiger partial charge in [0.25, 0.3) is 5.91 Å². The van der Waals surface area contributed by atoms with E-state index in [1.54, 1.807) is 17.0 Å². The molecule has 180 valence electrons. The Bertz CT molecular complexity index is 1660. The summed E-state index contributed by atoms with van der Waals surface area (Å²) in [6.07, 6.45) is 3.90. The van der Waals surface area contributed by atoms with Crippen LogP contribution in [0.5, 0.6) is 0 Å². The SMILES string of the molecule is O=C1C(=Cc2cn(Cc3ccccc3F)c3ccccc23)SC(=Nc2ccccc2)N1c1ccccc1. The van der Waals surface area contributed by atoms with E-state index in [1.807, 2.05) is 108 Å². The molecular weight excluding hydrogens is 481 g/mol. The molecule has 37 heavy (non-hydrogen) atoms. The molecule has 1 fully saturated rings. The van der Waals surface area contributed by atoms with Gasteiger partial charge in [-0.1, -0.05) is 72.8 Å². The number of amides is 1. The molecule has 0 bridgehead atoms. The van der Waals surface area contributed by atoms with Gasteiger partial charge in [0.1, 0.15) is 5.82 Å². The van der Waals surface area contributed by atoms with Gasteiger partial charge in [-0.15, -0.1) is 0 Å². The summed E-state index contributed by atoms with van der Waals surface area (Å²) >= 11 is 1.35. The van der Waals surface area contributed by atoms with Crippen LogP contribution < -0.4 is 4.90 Å². The number of carbonyl (C=O) groups is 1. The molecule has 4 aromatic carbocycles. The summed E-state index contributed by atoms with van der Waals surface area (Å²) in [6, 6.07) is 34.0. The first-order chi connectivity index (χ1) is 18.2. The van der Waals surface area contributed by atoms with Crippen molar-refractivity contribution in [1.29, 1.82) is 0 Å². The van der Waals surface area contributed by atoms with Crippen molar-refractivity contribution in [1.82, 2.24) is 4.57 Å². The number of fused-ring (bicyclic) bond motifs is 1. The zero-order chi connectivity index (χ0) is 25.2. The lowest BCUT2D eigenvalue weighted by molar-refractivity contribution is -0.113. The summed E-state index contributed by atoms with van der Waals surface area (Å²) in [7, 11) is 0. The third-order valence-electron chi connectivity index (χ3n) is 6.21. The van der Waals surface area contributed by atoms with Crippen LogP contribution in [0.1, 0.15) is 11.1 Å². The van der Waals surface area contributed by atoms with Crippen molar-refractivity contribution in [3.8, 4) is 0 Å². The first-order valence-corrected chi connectivity index (χ1v) is 12.7. The molecule has 0 radical (unpaired) electrons. The highest BCUT2D eigenvalue weighted by molar-refractivity contribution is 8.19. The Balaban J connectivity index is 1.43. The van der Waals surface area contributed by atoms with Crippen molar-refractivity contribution >= 4 is 51.2 Å². The number of amidine groups is 1. The number of nitrogens with zero attached hydrogens (tertiary/aromatic N) is 3. The fourth-order valence-electron chi connectivity index (χ4n) is 4.44. The standard InChI is InChI=1S/C31H22FN3OS/c32-27-17-9-7-11-22(27)20-34-21-23(26-16-8-10-18-28(26)34)19-29-30(36)35(25-14-5-2-6-15-25)31(37-29)33-24-12-3-1-4-13-24/h1-19,21H,20H2. The number of benzene rings is 4. The Hall–Kier alpha value is -4.42. The van der Waals surface area contributed by atoms with E-state index in [0.717, 1.165) is 27.8 Å². The molecule has 1 aromatic heterocycles. The van der Waals surface area contributed by atoms with Crippen LogP contribution in [0, 0.1) is 5.82 Å². The second-order valence-electron chi connectivity index (χ2n) is 8.64. The van der Waals surface area contributed by atoms with E-state index in [0.29, 0.717) is 22.2 Å². The van der Waals surface area contributed by atoms with E-state index in [-0.39, 0.29) is 11.7 Å². The number of halogens is 1. The monoisotopic (exact) mass is 503 g/mol. The van der Waals surface area contributed by atoms with E-state index in [4.69, 9.17) is 4.99 Å². The van der Waals surface area contributed by atoms with Crippen molar-refractivity contribution in [2.75, 3.05) is 4.90 Å². The zero-order valence-corrected chi connectivity index (χ0v) is 20.6. The van der Waals surface area contributed by atoms with Crippen molar-refractivity contribution in [3.05, 3.63) is 137 Å². The highest BCUT2D eigenvalue weighted by atomic mass is 32.2. The number of rotatable bonds is 5. The number of anilines is 1. The molecule has 0 saturated carbocycles. The highest BCUT2D eigenvalue weighted by Crippen LogP contribution is 2.38. The van der Waals surface area contributed by atoms with Crippen molar-refractivity contribution in [2.45, 2.75) is 6.54 Å². The summed E-state index contributed by atoms with van der Waals surface area (Å²) in [5.41, 5.74) is 4.03. The molecule has 1 saturated heterocycles. The number of aromatic nitrogens is 1. The van der Waals surface area contributed by atoms with Gasteiger partial charge in [-0.05, 0) is 54.2 Å². The Morgan fingerprint density at radius 3 is 2.27 bits per heavy atom. The number of hydrogen-bond acceptors (Lipinski definition) is 3. The molecule has 5 aromatic rings. The van der Waals surface area contributed by atoms with Crippen LogP contribution in [-0.4, -0.2) is 15.6 Å². The molecule has 6 heteroatoms. The zero-order valence-electron chi connectivity index (χ0n) is 19.8. The molecule has 1 aliphatic heterocycles. The maximum atomic E-state index is 14.4. The lowest BCUT2D eigenvalue weighted by atomic mass is 10.1. The first-order valence-electron chi connectivity index (χ1n) is 11.9. The minimum Gasteiger partial charge on any atom is -0.342 e. The Morgan fingerprint density at radius 2 is 1.49 bits per heavy atom. The summed E-state index contributed by atoms with van der Waals surface area (Å²) < 4.78 is 16.4. The normalized spacial score (nSPS) is 15.8. The average Bonchev–Trinajstić information content (AvgIpc) is 3.43. The van der Waals surface area contributed by atoms with Crippen LogP contribution in [0.2, 0.25) is 0 Å². The first kappa shape index (κ1) is 23.0. The molecular formula is C31H22FN3OS. The third-order valence-corrected chi connectivity index (χ3v) is 7.18. The van der Waals surface area contributed by atoms with Gasteiger partial charge in [-0.3, -0.25) is 9.69 Å². The fraction of sp³-hybridized carbons (Fsp3) is 0.0323. The van der Waals surface area contributed by atoms with E-state index in [1.165, 1.54) is 17.8 Å². The number of aliphatic imine (C=N–C) groups is 1. The van der Waals surface area contributed by atoms with Gasteiger partial charge in [0.05, 0.1) is 22.8 Å². The second-order valence-corrected chi connectivity index (χ2v) is 9.65. The molecule has 0 spiro atoms. The molecule has 6 rings (SSSR count). The molecule has 0 unspecified atom stereocenters. The van der Waals surface area contributed by atoms with Gasteiger partial charge in [-0.25, -0.2) is 9.38 Å². The van der Waals surface area contributed by atoms with Gasteiger partial charge < -0.3 is 4.57 Å². The molecule has 1 amide bonds. The highest BCUT2D eigenvalue weighted by Gasteiger charge is 2.35. The van der Waals surface area contributed by atoms with Crippen LogP contribution in [-0.2, 0) is 11.3 Å². The molecule has 0 aliphatic carbocycles. The van der Waals surface area contributed by atoms with E-state index in [9.17, 15) is 9.18 Å². The van der Waals surface area contributed by atoms with Gasteiger partial charge in [0.2, 0.25) is 0 Å². The minimum absolute atomic E-state index is 0.128. The molecule has 0 atom stereocenters. The van der Waals surface area contributed by atoms with Gasteiger partial charge >= 0.3 is 0 Å². The van der Waals surface area contributed by atoms with Crippen LogP contribution in [0.3, 0.4) is 0 Å². The van der Waals surface area contributed by atoms with Gasteiger partial charge in [-0.2, -0.15) is 0 Å². The summed E-state index contributed by atoms with van der Waals surface area (Å²) in [5, 5.41) is 1.60. The van der Waals surface area contributed by atoms with Crippen molar-refractivity contribution in [2.24, 2.45) is 4.99 Å². The average molecular weight is 504 g/mol. The summed E-state index contributed by atoms with van der Waals surface area (Å²) in [6.45, 7) is 0.397. The number of para-hydroxylation sites is 3. The number of hydrogen-bond donors (Lipinski definition) is 0. The number of carbonyl (C=O) groups excluding carboxylic acids is 1. The Kier molecular flexibility index (Phi) is 6.16. The minimum atomic E-state index is -0.234. The van der Waals surface area contributed by atoms with E-state index in [2.05, 4.69) is 0 Å². The smallest absolute Gasteiger partial charge is 0.271 e. The van der Waals surface area contributed by atoms with Crippen LogP contribution in [0.15, 0.2) is 125 Å². The third kappa shape index (κ3) is 4.59. The predicted octanol–water partition coefficient (Wildman–Crippen LogP) is 7.64. The van der Waals surface area contributed by atoms with Crippen LogP contribution >= 0.6 is 11.8 Å². The number of thioether (sulfide) groups is 1. The van der Waals surface area contributed by atoms with Gasteiger partial charge in [0.15, 0.2) is 5.17 Å². The Morgan fingerprint density at radius 1 is 0.811 bits per heavy atom. The quantitative estimate of drug-likeness (QED) is 0.231. The largest absolute Gasteiger partial charge is 0.342 e. The second kappa shape index (κ2) is 9.91. The summed E-state index contributed by atoms with van der Waals surface area (Å²) in [4.78, 5) is 20.7. The van der Waals surface area contributed by atoms with Crippen molar-refractivity contribution < 1.29 is 9.18 Å². The fourth-order valence-corrected chi connectivity index (χ4v) is 5.43. The van der Waals surface area contributed by atoms with Gasteiger partial charge in [0, 0.05) is 28.2 Å².